The van der Waals surface area contributed by atoms with E-state index in [1.807, 2.05) is 54.6 Å². The molecule has 35 heavy (non-hydrogen) atoms. The third-order valence-corrected chi connectivity index (χ3v) is 6.53. The highest BCUT2D eigenvalue weighted by molar-refractivity contribution is 6.12. The number of aromatic nitrogens is 2. The highest BCUT2D eigenvalue weighted by Gasteiger charge is 2.49. The van der Waals surface area contributed by atoms with Gasteiger partial charge in [0, 0.05) is 18.3 Å². The van der Waals surface area contributed by atoms with Crippen LogP contribution in [0.15, 0.2) is 83.5 Å². The molecule has 0 bridgehead atoms. The summed E-state index contributed by atoms with van der Waals surface area (Å²) < 4.78 is 7.10. The SMILES string of the molecule is CC(C)c1ccc(N2C(=O)c3cc(-c4ccco4)nn3C[C@@]2(C)C(=O)NCc2ccccc2)cc1. The minimum atomic E-state index is -1.19. The second-order valence-electron chi connectivity index (χ2n) is 9.38. The first-order valence-corrected chi connectivity index (χ1v) is 11.8. The molecule has 178 valence electrons. The van der Waals surface area contributed by atoms with Crippen molar-refractivity contribution in [2.45, 2.75) is 45.3 Å². The van der Waals surface area contributed by atoms with Crippen LogP contribution in [0.3, 0.4) is 0 Å². The van der Waals surface area contributed by atoms with E-state index in [1.165, 1.54) is 5.56 Å². The van der Waals surface area contributed by atoms with Crippen molar-refractivity contribution in [1.82, 2.24) is 15.1 Å². The van der Waals surface area contributed by atoms with Crippen LogP contribution in [-0.4, -0.2) is 27.1 Å². The second-order valence-corrected chi connectivity index (χ2v) is 9.38. The molecular formula is C28H28N4O3. The molecule has 1 N–H and O–H groups in total. The predicted octanol–water partition coefficient (Wildman–Crippen LogP) is 5.00. The average molecular weight is 469 g/mol. The van der Waals surface area contributed by atoms with E-state index < -0.39 is 5.54 Å². The number of rotatable bonds is 6. The fourth-order valence-corrected chi connectivity index (χ4v) is 4.51. The maximum atomic E-state index is 13.9. The summed E-state index contributed by atoms with van der Waals surface area (Å²) >= 11 is 0. The van der Waals surface area contributed by atoms with Crippen LogP contribution in [0.5, 0.6) is 0 Å². The summed E-state index contributed by atoms with van der Waals surface area (Å²) in [5.41, 5.74) is 2.60. The Morgan fingerprint density at radius 3 is 2.49 bits per heavy atom. The van der Waals surface area contributed by atoms with Crippen molar-refractivity contribution in [2.75, 3.05) is 4.90 Å². The van der Waals surface area contributed by atoms with Gasteiger partial charge < -0.3 is 9.73 Å². The van der Waals surface area contributed by atoms with Crippen molar-refractivity contribution in [2.24, 2.45) is 0 Å². The zero-order chi connectivity index (χ0) is 24.6. The minimum absolute atomic E-state index is 0.210. The Balaban J connectivity index is 1.54. The summed E-state index contributed by atoms with van der Waals surface area (Å²) in [7, 11) is 0. The van der Waals surface area contributed by atoms with Gasteiger partial charge >= 0.3 is 0 Å². The Hall–Kier alpha value is -4.13. The molecule has 7 heteroatoms. The van der Waals surface area contributed by atoms with Crippen molar-refractivity contribution >= 4 is 17.5 Å². The first kappa shape index (κ1) is 22.7. The molecule has 0 fully saturated rings. The maximum absolute atomic E-state index is 13.9. The van der Waals surface area contributed by atoms with E-state index in [1.54, 1.807) is 41.0 Å². The molecule has 1 atom stereocenters. The molecule has 1 aliphatic heterocycles. The molecule has 0 radical (unpaired) electrons. The number of carbonyl (C=O) groups is 2. The van der Waals surface area contributed by atoms with Crippen LogP contribution in [0.4, 0.5) is 5.69 Å². The van der Waals surface area contributed by atoms with Gasteiger partial charge in [-0.05, 0) is 48.2 Å². The summed E-state index contributed by atoms with van der Waals surface area (Å²) in [4.78, 5) is 29.1. The summed E-state index contributed by atoms with van der Waals surface area (Å²) in [6.07, 6.45) is 1.57. The van der Waals surface area contributed by atoms with Crippen LogP contribution in [0.1, 0.15) is 48.3 Å². The van der Waals surface area contributed by atoms with Crippen molar-refractivity contribution in [3.8, 4) is 11.5 Å². The molecule has 4 aromatic rings. The van der Waals surface area contributed by atoms with E-state index >= 15 is 0 Å². The highest BCUT2D eigenvalue weighted by atomic mass is 16.3. The van der Waals surface area contributed by atoms with Gasteiger partial charge in [0.05, 0.1) is 12.8 Å². The third kappa shape index (κ3) is 4.14. The zero-order valence-corrected chi connectivity index (χ0v) is 20.1. The number of hydrogen-bond donors (Lipinski definition) is 1. The lowest BCUT2D eigenvalue weighted by Gasteiger charge is -2.43. The number of nitrogens with zero attached hydrogens (tertiary/aromatic N) is 3. The molecule has 0 unspecified atom stereocenters. The molecule has 2 amide bonds. The smallest absolute Gasteiger partial charge is 0.277 e. The van der Waals surface area contributed by atoms with Gasteiger partial charge in [-0.3, -0.25) is 19.2 Å². The molecule has 2 aromatic carbocycles. The lowest BCUT2D eigenvalue weighted by Crippen LogP contribution is -2.64. The standard InChI is InChI=1S/C28H28N4O3/c1-19(2)21-11-13-22(14-12-21)32-26(33)24-16-23(25-10-7-15-35-25)30-31(24)18-28(32,3)27(34)29-17-20-8-5-4-6-9-20/h4-16,19H,17-18H2,1-3H3,(H,29,34)/t28-/m0/s1. The normalized spacial score (nSPS) is 17.5. The molecule has 0 saturated heterocycles. The van der Waals surface area contributed by atoms with E-state index in [-0.39, 0.29) is 18.4 Å². The molecular weight excluding hydrogens is 440 g/mol. The third-order valence-electron chi connectivity index (χ3n) is 6.53. The van der Waals surface area contributed by atoms with Crippen molar-refractivity contribution in [3.05, 3.63) is 95.9 Å². The topological polar surface area (TPSA) is 80.4 Å². The van der Waals surface area contributed by atoms with Crippen molar-refractivity contribution in [1.29, 1.82) is 0 Å². The van der Waals surface area contributed by atoms with E-state index in [0.717, 1.165) is 5.56 Å². The Bertz CT molecular complexity index is 1340. The fourth-order valence-electron chi connectivity index (χ4n) is 4.51. The number of hydrogen-bond acceptors (Lipinski definition) is 4. The number of nitrogens with one attached hydrogen (secondary N) is 1. The monoisotopic (exact) mass is 468 g/mol. The maximum Gasteiger partial charge on any atom is 0.277 e. The van der Waals surface area contributed by atoms with Gasteiger partial charge in [-0.2, -0.15) is 5.10 Å². The van der Waals surface area contributed by atoms with Gasteiger partial charge in [0.25, 0.3) is 5.91 Å². The largest absolute Gasteiger partial charge is 0.463 e. The van der Waals surface area contributed by atoms with Crippen LogP contribution in [0.2, 0.25) is 0 Å². The van der Waals surface area contributed by atoms with Crippen LogP contribution in [0, 0.1) is 0 Å². The van der Waals surface area contributed by atoms with E-state index in [9.17, 15) is 9.59 Å². The Labute approximate surface area is 204 Å². The highest BCUT2D eigenvalue weighted by Crippen LogP contribution is 2.35. The molecule has 2 aromatic heterocycles. The summed E-state index contributed by atoms with van der Waals surface area (Å²) in [5.74, 6) is 0.404. The number of furan rings is 1. The van der Waals surface area contributed by atoms with Gasteiger partial charge in [-0.15, -0.1) is 0 Å². The molecule has 0 saturated carbocycles. The minimum Gasteiger partial charge on any atom is -0.463 e. The number of anilines is 1. The first-order valence-electron chi connectivity index (χ1n) is 11.8. The van der Waals surface area contributed by atoms with Crippen LogP contribution in [-0.2, 0) is 17.9 Å². The van der Waals surface area contributed by atoms with Crippen molar-refractivity contribution < 1.29 is 14.0 Å². The van der Waals surface area contributed by atoms with Crippen LogP contribution >= 0.6 is 0 Å². The van der Waals surface area contributed by atoms with E-state index in [2.05, 4.69) is 24.3 Å². The van der Waals surface area contributed by atoms with E-state index in [4.69, 9.17) is 4.42 Å². The second kappa shape index (κ2) is 8.91. The Morgan fingerprint density at radius 2 is 1.83 bits per heavy atom. The van der Waals surface area contributed by atoms with E-state index in [0.29, 0.717) is 35.3 Å². The molecule has 7 nitrogen and oxygen atoms in total. The molecule has 1 aliphatic rings. The Morgan fingerprint density at radius 1 is 1.09 bits per heavy atom. The summed E-state index contributed by atoms with van der Waals surface area (Å²) in [6.45, 7) is 6.61. The molecule has 3 heterocycles. The lowest BCUT2D eigenvalue weighted by atomic mass is 9.93. The molecule has 0 spiro atoms. The van der Waals surface area contributed by atoms with Gasteiger partial charge in [0.2, 0.25) is 5.91 Å². The van der Waals surface area contributed by atoms with Gasteiger partial charge in [-0.1, -0.05) is 56.3 Å². The van der Waals surface area contributed by atoms with Gasteiger partial charge in [0.1, 0.15) is 16.9 Å². The number of amides is 2. The van der Waals surface area contributed by atoms with Crippen LogP contribution < -0.4 is 10.2 Å². The predicted molar refractivity (Wildman–Crippen MR) is 134 cm³/mol. The number of carbonyl (C=O) groups excluding carboxylic acids is 2. The van der Waals surface area contributed by atoms with Crippen molar-refractivity contribution in [3.63, 3.8) is 0 Å². The van der Waals surface area contributed by atoms with Crippen LogP contribution in [0.25, 0.3) is 11.5 Å². The van der Waals surface area contributed by atoms with Gasteiger partial charge in [-0.25, -0.2) is 0 Å². The Kier molecular flexibility index (Phi) is 5.76. The molecule has 5 rings (SSSR count). The first-order chi connectivity index (χ1) is 16.9. The summed E-state index contributed by atoms with van der Waals surface area (Å²) in [5, 5.41) is 7.63. The lowest BCUT2D eigenvalue weighted by molar-refractivity contribution is -0.126. The number of benzene rings is 2. The quantitative estimate of drug-likeness (QED) is 0.432. The average Bonchev–Trinajstić information content (AvgIpc) is 3.54. The zero-order valence-electron chi connectivity index (χ0n) is 20.1. The molecule has 0 aliphatic carbocycles. The number of fused-ring (bicyclic) bond motifs is 1. The van der Waals surface area contributed by atoms with Gasteiger partial charge in [0.15, 0.2) is 5.76 Å². The summed E-state index contributed by atoms with van der Waals surface area (Å²) in [6, 6.07) is 22.9. The fraction of sp³-hybridized carbons (Fsp3) is 0.250.